The highest BCUT2D eigenvalue weighted by molar-refractivity contribution is 5.57. The molecule has 0 bridgehead atoms. The lowest BCUT2D eigenvalue weighted by Gasteiger charge is -2.30. The number of hydrogen-bond acceptors (Lipinski definition) is 4. The van der Waals surface area contributed by atoms with Gasteiger partial charge in [-0.25, -0.2) is 0 Å². The van der Waals surface area contributed by atoms with Crippen LogP contribution in [0.2, 0.25) is 0 Å². The van der Waals surface area contributed by atoms with Gasteiger partial charge >= 0.3 is 0 Å². The van der Waals surface area contributed by atoms with E-state index in [2.05, 4.69) is 58.7 Å². The Balaban J connectivity index is 1.16. The molecule has 35 heavy (non-hydrogen) atoms. The molecule has 184 valence electrons. The molecule has 1 saturated heterocycles. The van der Waals surface area contributed by atoms with Crippen LogP contribution in [0.4, 0.5) is 5.69 Å². The van der Waals surface area contributed by atoms with Crippen molar-refractivity contribution in [1.29, 1.82) is 0 Å². The van der Waals surface area contributed by atoms with Crippen molar-refractivity contribution in [3.8, 4) is 11.5 Å². The van der Waals surface area contributed by atoms with E-state index in [0.29, 0.717) is 11.7 Å². The second-order valence-electron chi connectivity index (χ2n) is 10.1. The average Bonchev–Trinajstić information content (AvgIpc) is 2.86. The molecule has 0 saturated carbocycles. The zero-order valence-corrected chi connectivity index (χ0v) is 20.9. The van der Waals surface area contributed by atoms with Crippen molar-refractivity contribution in [3.05, 3.63) is 88.5 Å². The van der Waals surface area contributed by atoms with Crippen molar-refractivity contribution in [2.24, 2.45) is 0 Å². The lowest BCUT2D eigenvalue weighted by Crippen LogP contribution is -2.38. The van der Waals surface area contributed by atoms with Gasteiger partial charge in [0.15, 0.2) is 0 Å². The number of aryl methyl sites for hydroxylation is 2. The zero-order valence-electron chi connectivity index (χ0n) is 20.9. The van der Waals surface area contributed by atoms with Crippen molar-refractivity contribution < 1.29 is 9.84 Å². The van der Waals surface area contributed by atoms with E-state index in [1.165, 1.54) is 59.6 Å². The van der Waals surface area contributed by atoms with Gasteiger partial charge in [0.05, 0.1) is 7.11 Å². The fraction of sp³-hybridized carbons (Fsp3) is 0.419. The van der Waals surface area contributed by atoms with Crippen LogP contribution in [0.25, 0.3) is 0 Å². The molecule has 5 rings (SSSR count). The number of phenols is 1. The van der Waals surface area contributed by atoms with Crippen LogP contribution in [-0.2, 0) is 25.7 Å². The van der Waals surface area contributed by atoms with Gasteiger partial charge in [0.2, 0.25) is 0 Å². The summed E-state index contributed by atoms with van der Waals surface area (Å²) in [7, 11) is 1.73. The SMILES string of the molecule is COc1ccc(C2CCc3cc(O)ccc3C2)c(NCCCc2ccc(CCN3CCC3)cc2)c1. The van der Waals surface area contributed by atoms with E-state index in [0.717, 1.165) is 50.8 Å². The number of ether oxygens (including phenoxy) is 1. The van der Waals surface area contributed by atoms with Gasteiger partial charge in [0.1, 0.15) is 11.5 Å². The van der Waals surface area contributed by atoms with Crippen LogP contribution >= 0.6 is 0 Å². The van der Waals surface area contributed by atoms with Crippen LogP contribution in [0.1, 0.15) is 53.0 Å². The molecule has 1 fully saturated rings. The van der Waals surface area contributed by atoms with Crippen molar-refractivity contribution in [2.45, 2.75) is 50.9 Å². The monoisotopic (exact) mass is 470 g/mol. The van der Waals surface area contributed by atoms with E-state index in [4.69, 9.17) is 4.74 Å². The molecule has 2 aliphatic rings. The molecule has 0 aromatic heterocycles. The second-order valence-corrected chi connectivity index (χ2v) is 10.1. The van der Waals surface area contributed by atoms with E-state index in [9.17, 15) is 5.11 Å². The first kappa shape index (κ1) is 23.7. The number of nitrogens with zero attached hydrogens (tertiary/aromatic N) is 1. The molecular formula is C31H38N2O2. The summed E-state index contributed by atoms with van der Waals surface area (Å²) < 4.78 is 5.53. The second kappa shape index (κ2) is 11.2. The van der Waals surface area contributed by atoms with Crippen molar-refractivity contribution in [3.63, 3.8) is 0 Å². The molecule has 1 heterocycles. The molecule has 0 radical (unpaired) electrons. The Morgan fingerprint density at radius 2 is 1.74 bits per heavy atom. The largest absolute Gasteiger partial charge is 0.508 e. The van der Waals surface area contributed by atoms with Gasteiger partial charge in [0, 0.05) is 24.8 Å². The maximum absolute atomic E-state index is 9.82. The molecule has 4 nitrogen and oxygen atoms in total. The maximum Gasteiger partial charge on any atom is 0.120 e. The minimum absolute atomic E-state index is 0.371. The molecule has 1 atom stereocenters. The van der Waals surface area contributed by atoms with Gasteiger partial charge in [-0.2, -0.15) is 0 Å². The van der Waals surface area contributed by atoms with Gasteiger partial charge in [-0.05, 0) is 110 Å². The van der Waals surface area contributed by atoms with Gasteiger partial charge in [-0.3, -0.25) is 0 Å². The minimum atomic E-state index is 0.371. The molecule has 2 N–H and O–H groups in total. The smallest absolute Gasteiger partial charge is 0.120 e. The van der Waals surface area contributed by atoms with E-state index in [1.807, 2.05) is 12.1 Å². The fourth-order valence-electron chi connectivity index (χ4n) is 5.46. The van der Waals surface area contributed by atoms with Crippen LogP contribution in [-0.4, -0.2) is 43.3 Å². The van der Waals surface area contributed by atoms with E-state index in [1.54, 1.807) is 7.11 Å². The molecule has 4 heteroatoms. The third-order valence-electron chi connectivity index (χ3n) is 7.76. The average molecular weight is 471 g/mol. The summed E-state index contributed by atoms with van der Waals surface area (Å²) in [5.74, 6) is 1.74. The number of benzene rings is 3. The molecule has 3 aromatic carbocycles. The molecule has 3 aromatic rings. The van der Waals surface area contributed by atoms with Crippen LogP contribution in [0, 0.1) is 0 Å². The Morgan fingerprint density at radius 3 is 2.49 bits per heavy atom. The highest BCUT2D eigenvalue weighted by Crippen LogP contribution is 2.38. The number of rotatable bonds is 10. The summed E-state index contributed by atoms with van der Waals surface area (Å²) in [4.78, 5) is 2.53. The van der Waals surface area contributed by atoms with E-state index >= 15 is 0 Å². The number of fused-ring (bicyclic) bond motifs is 1. The number of phenolic OH excluding ortho intramolecular Hbond substituents is 1. The number of anilines is 1. The van der Waals surface area contributed by atoms with Crippen LogP contribution in [0.15, 0.2) is 60.7 Å². The molecule has 1 unspecified atom stereocenters. The third-order valence-corrected chi connectivity index (χ3v) is 7.76. The topological polar surface area (TPSA) is 44.7 Å². The number of hydrogen-bond donors (Lipinski definition) is 2. The predicted molar refractivity (Wildman–Crippen MR) is 144 cm³/mol. The number of methoxy groups -OCH3 is 1. The summed E-state index contributed by atoms with van der Waals surface area (Å²) in [6, 6.07) is 21.5. The van der Waals surface area contributed by atoms with Crippen molar-refractivity contribution in [2.75, 3.05) is 38.6 Å². The first-order valence-corrected chi connectivity index (χ1v) is 13.2. The Morgan fingerprint density at radius 1 is 0.943 bits per heavy atom. The zero-order chi connectivity index (χ0) is 24.0. The van der Waals surface area contributed by atoms with Gasteiger partial charge in [-0.1, -0.05) is 36.4 Å². The van der Waals surface area contributed by atoms with Crippen molar-refractivity contribution >= 4 is 5.69 Å². The lowest BCUT2D eigenvalue weighted by molar-refractivity contribution is 0.184. The van der Waals surface area contributed by atoms with Gasteiger partial charge in [-0.15, -0.1) is 0 Å². The standard InChI is InChI=1S/C31H38N2O2/c1-35-29-13-14-30(27-10-9-26-21-28(34)12-11-25(26)20-27)31(22-29)32-16-2-4-23-5-7-24(8-6-23)15-19-33-17-3-18-33/h5-8,11-14,21-22,27,32,34H,2-4,9-10,15-20H2,1H3. The summed E-state index contributed by atoms with van der Waals surface area (Å²) in [5, 5.41) is 13.5. The van der Waals surface area contributed by atoms with E-state index < -0.39 is 0 Å². The normalized spacial score (nSPS) is 17.5. The Hall–Kier alpha value is -2.98. The maximum atomic E-state index is 9.82. The van der Waals surface area contributed by atoms with Crippen LogP contribution in [0.5, 0.6) is 11.5 Å². The molecular weight excluding hydrogens is 432 g/mol. The number of likely N-dealkylation sites (tertiary alicyclic amines) is 1. The Kier molecular flexibility index (Phi) is 7.58. The fourth-order valence-corrected chi connectivity index (χ4v) is 5.46. The van der Waals surface area contributed by atoms with Crippen LogP contribution < -0.4 is 10.1 Å². The Bertz CT molecular complexity index is 1120. The van der Waals surface area contributed by atoms with Crippen LogP contribution in [0.3, 0.4) is 0 Å². The highest BCUT2D eigenvalue weighted by atomic mass is 16.5. The van der Waals surface area contributed by atoms with E-state index in [-0.39, 0.29) is 0 Å². The Labute approximate surface area is 209 Å². The summed E-state index contributed by atoms with van der Waals surface area (Å²) in [6.45, 7) is 4.69. The summed E-state index contributed by atoms with van der Waals surface area (Å²) in [5.41, 5.74) is 8.07. The lowest BCUT2D eigenvalue weighted by atomic mass is 9.79. The number of aromatic hydroxyl groups is 1. The van der Waals surface area contributed by atoms with Gasteiger partial charge < -0.3 is 20.1 Å². The molecule has 1 aliphatic heterocycles. The molecule has 1 aliphatic carbocycles. The molecule has 0 spiro atoms. The quantitative estimate of drug-likeness (QED) is 0.359. The van der Waals surface area contributed by atoms with Crippen molar-refractivity contribution in [1.82, 2.24) is 4.90 Å². The number of nitrogens with one attached hydrogen (secondary N) is 1. The highest BCUT2D eigenvalue weighted by Gasteiger charge is 2.23. The summed E-state index contributed by atoms with van der Waals surface area (Å²) in [6.07, 6.45) is 7.82. The van der Waals surface area contributed by atoms with Gasteiger partial charge in [0.25, 0.3) is 0 Å². The summed E-state index contributed by atoms with van der Waals surface area (Å²) >= 11 is 0. The molecule has 0 amide bonds. The predicted octanol–water partition coefficient (Wildman–Crippen LogP) is 5.97. The third kappa shape index (κ3) is 5.99. The first-order chi connectivity index (χ1) is 17.2. The minimum Gasteiger partial charge on any atom is -0.508 e. The first-order valence-electron chi connectivity index (χ1n) is 13.2.